The van der Waals surface area contributed by atoms with Crippen molar-refractivity contribution in [3.63, 3.8) is 0 Å². The van der Waals surface area contributed by atoms with Crippen LogP contribution in [0.15, 0.2) is 30.0 Å². The first kappa shape index (κ1) is 15.1. The Morgan fingerprint density at radius 3 is 2.33 bits per heavy atom. The van der Waals surface area contributed by atoms with Gasteiger partial charge >= 0.3 is 12.2 Å². The SMILES string of the molecule is CCCN1C(=O)N/C(=C/c2ccc(C(F)(F)F)cc2)C1=O. The number of rotatable bonds is 3. The number of amides is 3. The summed E-state index contributed by atoms with van der Waals surface area (Å²) in [5, 5.41) is 2.41. The molecule has 4 nitrogen and oxygen atoms in total. The van der Waals surface area contributed by atoms with E-state index in [2.05, 4.69) is 5.32 Å². The van der Waals surface area contributed by atoms with Crippen molar-refractivity contribution in [2.24, 2.45) is 0 Å². The van der Waals surface area contributed by atoms with Crippen molar-refractivity contribution in [1.29, 1.82) is 0 Å². The zero-order valence-corrected chi connectivity index (χ0v) is 11.2. The molecule has 112 valence electrons. The Morgan fingerprint density at radius 2 is 1.81 bits per heavy atom. The van der Waals surface area contributed by atoms with Crippen molar-refractivity contribution in [2.75, 3.05) is 6.54 Å². The molecule has 0 unspecified atom stereocenters. The molecule has 1 aliphatic heterocycles. The van der Waals surface area contributed by atoms with E-state index in [0.717, 1.165) is 17.0 Å². The number of carbonyl (C=O) groups is 2. The van der Waals surface area contributed by atoms with Gasteiger partial charge in [0.15, 0.2) is 0 Å². The van der Waals surface area contributed by atoms with Crippen LogP contribution in [0.25, 0.3) is 6.08 Å². The van der Waals surface area contributed by atoms with Crippen LogP contribution in [0.3, 0.4) is 0 Å². The van der Waals surface area contributed by atoms with Crippen LogP contribution in [-0.4, -0.2) is 23.4 Å². The highest BCUT2D eigenvalue weighted by atomic mass is 19.4. The van der Waals surface area contributed by atoms with Gasteiger partial charge in [-0.1, -0.05) is 19.1 Å². The van der Waals surface area contributed by atoms with E-state index in [9.17, 15) is 22.8 Å². The molecule has 1 aromatic carbocycles. The first-order valence-corrected chi connectivity index (χ1v) is 6.34. The summed E-state index contributed by atoms with van der Waals surface area (Å²) < 4.78 is 37.3. The summed E-state index contributed by atoms with van der Waals surface area (Å²) in [6.07, 6.45) is -2.41. The molecule has 0 aromatic heterocycles. The van der Waals surface area contributed by atoms with Crippen LogP contribution in [0, 0.1) is 0 Å². The van der Waals surface area contributed by atoms with Gasteiger partial charge < -0.3 is 5.32 Å². The van der Waals surface area contributed by atoms with Gasteiger partial charge in [-0.3, -0.25) is 9.69 Å². The number of hydrogen-bond donors (Lipinski definition) is 1. The minimum Gasteiger partial charge on any atom is -0.303 e. The Bertz CT molecular complexity index is 591. The second-order valence-corrected chi connectivity index (χ2v) is 4.56. The molecule has 0 bridgehead atoms. The van der Waals surface area contributed by atoms with Gasteiger partial charge in [0.1, 0.15) is 5.70 Å². The molecule has 7 heteroatoms. The fraction of sp³-hybridized carbons (Fsp3) is 0.286. The van der Waals surface area contributed by atoms with Gasteiger partial charge in [-0.25, -0.2) is 4.79 Å². The number of benzene rings is 1. The average Bonchev–Trinajstić information content (AvgIpc) is 2.66. The van der Waals surface area contributed by atoms with Gasteiger partial charge in [0.25, 0.3) is 5.91 Å². The van der Waals surface area contributed by atoms with E-state index in [4.69, 9.17) is 0 Å². The van der Waals surface area contributed by atoms with Crippen LogP contribution in [-0.2, 0) is 11.0 Å². The number of alkyl halides is 3. The Kier molecular flexibility index (Phi) is 4.02. The molecule has 1 N–H and O–H groups in total. The van der Waals surface area contributed by atoms with E-state index in [1.165, 1.54) is 18.2 Å². The molecule has 1 aliphatic rings. The summed E-state index contributed by atoms with van der Waals surface area (Å²) >= 11 is 0. The minimum absolute atomic E-state index is 0.0632. The van der Waals surface area contributed by atoms with Crippen molar-refractivity contribution in [3.8, 4) is 0 Å². The average molecular weight is 298 g/mol. The molecule has 1 saturated heterocycles. The Balaban J connectivity index is 2.21. The molecule has 1 aromatic rings. The van der Waals surface area contributed by atoms with Gasteiger partial charge in [0.05, 0.1) is 5.56 Å². The molecule has 0 saturated carbocycles. The van der Waals surface area contributed by atoms with Crippen LogP contribution >= 0.6 is 0 Å². The Labute approximate surface area is 119 Å². The summed E-state index contributed by atoms with van der Waals surface area (Å²) in [4.78, 5) is 24.6. The van der Waals surface area contributed by atoms with Gasteiger partial charge in [-0.2, -0.15) is 13.2 Å². The monoisotopic (exact) mass is 298 g/mol. The molecule has 1 heterocycles. The van der Waals surface area contributed by atoms with Gasteiger partial charge in [-0.05, 0) is 30.2 Å². The predicted octanol–water partition coefficient (Wildman–Crippen LogP) is 3.01. The first-order valence-electron chi connectivity index (χ1n) is 6.34. The predicted molar refractivity (Wildman–Crippen MR) is 70.0 cm³/mol. The van der Waals surface area contributed by atoms with Gasteiger partial charge in [0, 0.05) is 6.54 Å². The summed E-state index contributed by atoms with van der Waals surface area (Å²) in [7, 11) is 0. The van der Waals surface area contributed by atoms with Crippen molar-refractivity contribution in [3.05, 3.63) is 41.1 Å². The van der Waals surface area contributed by atoms with E-state index < -0.39 is 23.7 Å². The molecule has 21 heavy (non-hydrogen) atoms. The van der Waals surface area contributed by atoms with Crippen LogP contribution < -0.4 is 5.32 Å². The van der Waals surface area contributed by atoms with Crippen molar-refractivity contribution in [2.45, 2.75) is 19.5 Å². The lowest BCUT2D eigenvalue weighted by Crippen LogP contribution is -2.31. The lowest BCUT2D eigenvalue weighted by molar-refractivity contribution is -0.137. The molecule has 0 aliphatic carbocycles. The maximum atomic E-state index is 12.4. The number of carbonyl (C=O) groups excluding carboxylic acids is 2. The molecule has 0 spiro atoms. The Morgan fingerprint density at radius 1 is 1.19 bits per heavy atom. The maximum Gasteiger partial charge on any atom is 0.416 e. The summed E-state index contributed by atoms with van der Waals surface area (Å²) in [6, 6.07) is 3.84. The van der Waals surface area contributed by atoms with E-state index >= 15 is 0 Å². The minimum atomic E-state index is -4.40. The zero-order chi connectivity index (χ0) is 15.6. The molecular formula is C14H13F3N2O2. The highest BCUT2D eigenvalue weighted by molar-refractivity contribution is 6.13. The van der Waals surface area contributed by atoms with Gasteiger partial charge in [-0.15, -0.1) is 0 Å². The van der Waals surface area contributed by atoms with Crippen molar-refractivity contribution < 1.29 is 22.8 Å². The first-order chi connectivity index (χ1) is 9.82. The lowest BCUT2D eigenvalue weighted by atomic mass is 10.1. The zero-order valence-electron chi connectivity index (χ0n) is 11.2. The van der Waals surface area contributed by atoms with E-state index in [0.29, 0.717) is 18.5 Å². The molecule has 2 rings (SSSR count). The third-order valence-corrected chi connectivity index (χ3v) is 2.96. The summed E-state index contributed by atoms with van der Waals surface area (Å²) in [5.74, 6) is -0.471. The second kappa shape index (κ2) is 5.59. The third kappa shape index (κ3) is 3.24. The Hall–Kier alpha value is -2.31. The maximum absolute atomic E-state index is 12.4. The lowest BCUT2D eigenvalue weighted by Gasteiger charge is -2.08. The molecule has 3 amide bonds. The van der Waals surface area contributed by atoms with Crippen LogP contribution in [0.1, 0.15) is 24.5 Å². The third-order valence-electron chi connectivity index (χ3n) is 2.96. The number of nitrogens with zero attached hydrogens (tertiary/aromatic N) is 1. The molecular weight excluding hydrogens is 285 g/mol. The summed E-state index contributed by atoms with van der Waals surface area (Å²) in [5.41, 5.74) is -0.294. The topological polar surface area (TPSA) is 49.4 Å². The van der Waals surface area contributed by atoms with Crippen LogP contribution in [0.4, 0.5) is 18.0 Å². The largest absolute Gasteiger partial charge is 0.416 e. The smallest absolute Gasteiger partial charge is 0.303 e. The van der Waals surface area contributed by atoms with Crippen molar-refractivity contribution >= 4 is 18.0 Å². The van der Waals surface area contributed by atoms with Crippen molar-refractivity contribution in [1.82, 2.24) is 10.2 Å². The van der Waals surface area contributed by atoms with E-state index in [1.54, 1.807) is 0 Å². The standard InChI is InChI=1S/C14H13F3N2O2/c1-2-7-19-12(20)11(18-13(19)21)8-9-3-5-10(6-4-9)14(15,16)17/h3-6,8H,2,7H2,1H3,(H,18,21)/b11-8+. The van der Waals surface area contributed by atoms with Crippen LogP contribution in [0.5, 0.6) is 0 Å². The molecule has 0 atom stereocenters. The number of halogens is 3. The highest BCUT2D eigenvalue weighted by Crippen LogP contribution is 2.29. The quantitative estimate of drug-likeness (QED) is 0.689. The summed E-state index contributed by atoms with van der Waals surface area (Å²) in [6.45, 7) is 2.13. The molecule has 1 fully saturated rings. The number of urea groups is 1. The number of hydrogen-bond acceptors (Lipinski definition) is 2. The fourth-order valence-corrected chi connectivity index (χ4v) is 1.93. The molecule has 0 radical (unpaired) electrons. The van der Waals surface area contributed by atoms with E-state index in [1.807, 2.05) is 6.92 Å². The fourth-order valence-electron chi connectivity index (χ4n) is 1.93. The highest BCUT2D eigenvalue weighted by Gasteiger charge is 2.33. The van der Waals surface area contributed by atoms with E-state index in [-0.39, 0.29) is 5.70 Å². The van der Waals surface area contributed by atoms with Gasteiger partial charge in [0.2, 0.25) is 0 Å². The van der Waals surface area contributed by atoms with Crippen LogP contribution in [0.2, 0.25) is 0 Å². The second-order valence-electron chi connectivity index (χ2n) is 4.56. The normalized spacial score (nSPS) is 17.5. The number of nitrogens with one attached hydrogen (secondary N) is 1. The number of imide groups is 1.